The minimum atomic E-state index is 0.0735. The van der Waals surface area contributed by atoms with E-state index in [0.29, 0.717) is 0 Å². The van der Waals surface area contributed by atoms with Crippen LogP contribution in [0.5, 0.6) is 5.75 Å². The number of benzene rings is 1. The largest absolute Gasteiger partial charge is 0.495 e. The summed E-state index contributed by atoms with van der Waals surface area (Å²) in [6.45, 7) is 6.09. The van der Waals surface area contributed by atoms with Crippen molar-refractivity contribution in [2.45, 2.75) is 26.8 Å². The highest BCUT2D eigenvalue weighted by molar-refractivity contribution is 5.58. The predicted octanol–water partition coefficient (Wildman–Crippen LogP) is 3.28. The Morgan fingerprint density at radius 2 is 1.89 bits per heavy atom. The summed E-state index contributed by atoms with van der Waals surface area (Å²) in [7, 11) is 1.67. The number of hydrogen-bond acceptors (Lipinski definition) is 4. The van der Waals surface area contributed by atoms with Gasteiger partial charge in [-0.05, 0) is 38.5 Å². The zero-order valence-electron chi connectivity index (χ0n) is 11.8. The average molecular weight is 257 g/mol. The third-order valence-electron chi connectivity index (χ3n) is 3.06. The normalized spacial score (nSPS) is 12.0. The molecular formula is C15H19N3O. The molecule has 0 bridgehead atoms. The maximum absolute atomic E-state index is 5.37. The predicted molar refractivity (Wildman–Crippen MR) is 76.5 cm³/mol. The van der Waals surface area contributed by atoms with Crippen molar-refractivity contribution in [3.05, 3.63) is 47.5 Å². The molecule has 0 saturated carbocycles. The fourth-order valence-corrected chi connectivity index (χ4v) is 2.08. The summed E-state index contributed by atoms with van der Waals surface area (Å²) in [4.78, 5) is 8.65. The molecule has 1 aromatic heterocycles. The first kappa shape index (κ1) is 13.3. The number of nitrogens with zero attached hydrogens (tertiary/aromatic N) is 2. The molecule has 0 amide bonds. The summed E-state index contributed by atoms with van der Waals surface area (Å²) in [6, 6.07) is 6.14. The molecule has 2 aromatic rings. The van der Waals surface area contributed by atoms with E-state index in [1.54, 1.807) is 19.5 Å². The van der Waals surface area contributed by atoms with Crippen molar-refractivity contribution in [2.75, 3.05) is 12.4 Å². The average Bonchev–Trinajstić information content (AvgIpc) is 2.39. The van der Waals surface area contributed by atoms with Gasteiger partial charge in [0.15, 0.2) is 0 Å². The van der Waals surface area contributed by atoms with Gasteiger partial charge in [0.05, 0.1) is 30.2 Å². The number of rotatable bonds is 4. The van der Waals surface area contributed by atoms with Gasteiger partial charge in [0.2, 0.25) is 0 Å². The van der Waals surface area contributed by atoms with Crippen LogP contribution in [-0.4, -0.2) is 17.1 Å². The quantitative estimate of drug-likeness (QED) is 0.913. The molecule has 4 heteroatoms. The first-order valence-electron chi connectivity index (χ1n) is 6.30. The van der Waals surface area contributed by atoms with Crippen LogP contribution in [0.1, 0.15) is 29.9 Å². The maximum Gasteiger partial charge on any atom is 0.141 e. The van der Waals surface area contributed by atoms with Gasteiger partial charge in [0.1, 0.15) is 5.75 Å². The second-order valence-corrected chi connectivity index (χ2v) is 4.60. The second-order valence-electron chi connectivity index (χ2n) is 4.60. The van der Waals surface area contributed by atoms with Crippen LogP contribution in [-0.2, 0) is 0 Å². The second kappa shape index (κ2) is 5.69. The van der Waals surface area contributed by atoms with Crippen molar-refractivity contribution >= 4 is 5.69 Å². The molecule has 1 N–H and O–H groups in total. The third-order valence-corrected chi connectivity index (χ3v) is 3.06. The van der Waals surface area contributed by atoms with Crippen LogP contribution in [0.3, 0.4) is 0 Å². The molecule has 1 unspecified atom stereocenters. The van der Waals surface area contributed by atoms with E-state index in [9.17, 15) is 0 Å². The van der Waals surface area contributed by atoms with Gasteiger partial charge in [-0.15, -0.1) is 0 Å². The Labute approximate surface area is 113 Å². The molecule has 0 aliphatic carbocycles. The number of anilines is 1. The molecule has 1 aromatic carbocycles. The summed E-state index contributed by atoms with van der Waals surface area (Å²) in [5.74, 6) is 0.832. The maximum atomic E-state index is 5.37. The number of methoxy groups -OCH3 is 1. The molecule has 0 fully saturated rings. The molecule has 1 heterocycles. The summed E-state index contributed by atoms with van der Waals surface area (Å²) < 4.78 is 5.37. The topological polar surface area (TPSA) is 47.0 Å². The van der Waals surface area contributed by atoms with E-state index in [4.69, 9.17) is 4.74 Å². The van der Waals surface area contributed by atoms with E-state index in [1.807, 2.05) is 19.1 Å². The smallest absolute Gasteiger partial charge is 0.141 e. The monoisotopic (exact) mass is 257 g/mol. The van der Waals surface area contributed by atoms with Crippen LogP contribution in [0.2, 0.25) is 0 Å². The van der Waals surface area contributed by atoms with Crippen molar-refractivity contribution < 1.29 is 4.74 Å². The van der Waals surface area contributed by atoms with Gasteiger partial charge < -0.3 is 10.1 Å². The third kappa shape index (κ3) is 3.02. The molecule has 1 atom stereocenters. The van der Waals surface area contributed by atoms with Gasteiger partial charge >= 0.3 is 0 Å². The Kier molecular flexibility index (Phi) is 4.00. The van der Waals surface area contributed by atoms with E-state index < -0.39 is 0 Å². The number of hydrogen-bond donors (Lipinski definition) is 1. The fraction of sp³-hybridized carbons (Fsp3) is 0.333. The summed E-state index contributed by atoms with van der Waals surface area (Å²) in [5, 5.41) is 3.43. The van der Waals surface area contributed by atoms with Crippen LogP contribution in [0.25, 0.3) is 0 Å². The molecule has 0 spiro atoms. The Morgan fingerprint density at radius 3 is 2.58 bits per heavy atom. The van der Waals surface area contributed by atoms with Gasteiger partial charge in [0, 0.05) is 12.4 Å². The Morgan fingerprint density at radius 1 is 1.16 bits per heavy atom. The number of ether oxygens (including phenoxy) is 1. The van der Waals surface area contributed by atoms with Crippen LogP contribution in [0.15, 0.2) is 30.6 Å². The SMILES string of the molecule is COc1ccc(C)cc1NC(C)c1nccnc1C. The molecule has 0 aliphatic rings. The lowest BCUT2D eigenvalue weighted by atomic mass is 10.1. The first-order valence-corrected chi connectivity index (χ1v) is 6.30. The Balaban J connectivity index is 2.26. The van der Waals surface area contributed by atoms with Gasteiger partial charge in [-0.25, -0.2) is 0 Å². The minimum Gasteiger partial charge on any atom is -0.495 e. The molecule has 0 aliphatic heterocycles. The van der Waals surface area contributed by atoms with Crippen molar-refractivity contribution in [3.63, 3.8) is 0 Å². The summed E-state index contributed by atoms with van der Waals surface area (Å²) in [6.07, 6.45) is 3.42. The summed E-state index contributed by atoms with van der Waals surface area (Å²) in [5.41, 5.74) is 4.05. The standard InChI is InChI=1S/C15H19N3O/c1-10-5-6-14(19-4)13(9-10)18-12(3)15-11(2)16-7-8-17-15/h5-9,12,18H,1-4H3. The molecule has 100 valence electrons. The van der Waals surface area contributed by atoms with Crippen molar-refractivity contribution in [3.8, 4) is 5.75 Å². The van der Waals surface area contributed by atoms with Crippen LogP contribution < -0.4 is 10.1 Å². The highest BCUT2D eigenvalue weighted by Gasteiger charge is 2.12. The lowest BCUT2D eigenvalue weighted by Crippen LogP contribution is -2.11. The zero-order chi connectivity index (χ0) is 13.8. The molecular weight excluding hydrogens is 238 g/mol. The first-order chi connectivity index (χ1) is 9.11. The lowest BCUT2D eigenvalue weighted by Gasteiger charge is -2.18. The lowest BCUT2D eigenvalue weighted by molar-refractivity contribution is 0.416. The molecule has 4 nitrogen and oxygen atoms in total. The van der Waals surface area contributed by atoms with Crippen molar-refractivity contribution in [1.29, 1.82) is 0 Å². The van der Waals surface area contributed by atoms with Crippen LogP contribution >= 0.6 is 0 Å². The van der Waals surface area contributed by atoms with Crippen molar-refractivity contribution in [1.82, 2.24) is 9.97 Å². The van der Waals surface area contributed by atoms with Crippen molar-refractivity contribution in [2.24, 2.45) is 0 Å². The minimum absolute atomic E-state index is 0.0735. The van der Waals surface area contributed by atoms with E-state index in [1.165, 1.54) is 5.56 Å². The highest BCUT2D eigenvalue weighted by atomic mass is 16.5. The Hall–Kier alpha value is -2.10. The fourth-order valence-electron chi connectivity index (χ4n) is 2.08. The molecule has 0 radical (unpaired) electrons. The zero-order valence-corrected chi connectivity index (χ0v) is 11.8. The molecule has 19 heavy (non-hydrogen) atoms. The number of aromatic nitrogens is 2. The Bertz CT molecular complexity index is 569. The molecule has 2 rings (SSSR count). The molecule has 0 saturated heterocycles. The number of aryl methyl sites for hydroxylation is 2. The summed E-state index contributed by atoms with van der Waals surface area (Å²) >= 11 is 0. The van der Waals surface area contributed by atoms with Gasteiger partial charge in [0.25, 0.3) is 0 Å². The van der Waals surface area contributed by atoms with E-state index >= 15 is 0 Å². The van der Waals surface area contributed by atoms with Gasteiger partial charge in [-0.1, -0.05) is 6.07 Å². The van der Waals surface area contributed by atoms with E-state index in [2.05, 4.69) is 35.2 Å². The van der Waals surface area contributed by atoms with Gasteiger partial charge in [-0.3, -0.25) is 9.97 Å². The van der Waals surface area contributed by atoms with Gasteiger partial charge in [-0.2, -0.15) is 0 Å². The van der Waals surface area contributed by atoms with Crippen LogP contribution in [0, 0.1) is 13.8 Å². The van der Waals surface area contributed by atoms with E-state index in [-0.39, 0.29) is 6.04 Å². The van der Waals surface area contributed by atoms with E-state index in [0.717, 1.165) is 22.8 Å². The highest BCUT2D eigenvalue weighted by Crippen LogP contribution is 2.29. The van der Waals surface area contributed by atoms with Crippen LogP contribution in [0.4, 0.5) is 5.69 Å². The number of nitrogens with one attached hydrogen (secondary N) is 1.